The average molecular weight is 377 g/mol. The third kappa shape index (κ3) is 83.5. The van der Waals surface area contributed by atoms with Crippen LogP contribution in [0, 0.1) is 0 Å². The van der Waals surface area contributed by atoms with Gasteiger partial charge < -0.3 is 4.79 Å². The van der Waals surface area contributed by atoms with Crippen LogP contribution in [0.4, 0.5) is 0 Å². The molecule has 0 N–H and O–H groups in total. The number of hydrogen-bond acceptors (Lipinski definition) is 1. The van der Waals surface area contributed by atoms with Gasteiger partial charge in [0.25, 0.3) is 0 Å². The van der Waals surface area contributed by atoms with Gasteiger partial charge in [-0.15, -0.1) is 0 Å². The standard InChI is InChI=1S/C3H6O.2HI.Zn/c1-3(2)4;;;/h1-2H3;2*1H;/q;;;+2/p-2. The second-order valence-corrected chi connectivity index (χ2v) is 24.5. The van der Waals surface area contributed by atoms with Gasteiger partial charge in [0.15, 0.2) is 0 Å². The number of hydrogen-bond donors (Lipinski definition) is 0. The van der Waals surface area contributed by atoms with Crippen LogP contribution in [0.25, 0.3) is 0 Å². The van der Waals surface area contributed by atoms with Crippen molar-refractivity contribution in [2.24, 2.45) is 0 Å². The Kier molecular flexibility index (Phi) is 17.6. The number of halogens is 2. The van der Waals surface area contributed by atoms with Gasteiger partial charge in [0, 0.05) is 0 Å². The maximum atomic E-state index is 9.44. The summed E-state index contributed by atoms with van der Waals surface area (Å²) in [5, 5.41) is 0. The normalized spacial score (nSPS) is 5.14. The third-order valence-electron chi connectivity index (χ3n) is 0. The van der Waals surface area contributed by atoms with Crippen molar-refractivity contribution < 1.29 is 14.9 Å². The molecule has 1 nitrogen and oxygen atoms in total. The van der Waals surface area contributed by atoms with Crippen molar-refractivity contribution in [3.05, 3.63) is 0 Å². The predicted octanol–water partition coefficient (Wildman–Crippen LogP) is 2.36. The van der Waals surface area contributed by atoms with Crippen LogP contribution in [0.2, 0.25) is 0 Å². The van der Waals surface area contributed by atoms with Gasteiger partial charge in [-0.2, -0.15) is 0 Å². The molecule has 0 heterocycles. The van der Waals surface area contributed by atoms with Gasteiger partial charge in [-0.1, -0.05) is 0 Å². The molecule has 40 valence electrons. The summed E-state index contributed by atoms with van der Waals surface area (Å²) in [6.45, 7) is 3.06. The molecule has 0 aromatic rings. The van der Waals surface area contributed by atoms with Crippen molar-refractivity contribution >= 4 is 45.3 Å². The van der Waals surface area contributed by atoms with Gasteiger partial charge in [0.05, 0.1) is 0 Å². The Hall–Kier alpha value is 1.75. The Balaban J connectivity index is 0. The van der Waals surface area contributed by atoms with E-state index in [1.165, 1.54) is 13.8 Å². The molecule has 0 radical (unpaired) electrons. The van der Waals surface area contributed by atoms with Crippen LogP contribution >= 0.6 is 39.5 Å². The van der Waals surface area contributed by atoms with E-state index < -0.39 is 0 Å². The Bertz CT molecular complexity index is 44.2. The van der Waals surface area contributed by atoms with Gasteiger partial charge >= 0.3 is 49.6 Å². The second-order valence-electron chi connectivity index (χ2n) is 1.01. The molecule has 0 amide bonds. The monoisotopic (exact) mass is 376 g/mol. The summed E-state index contributed by atoms with van der Waals surface area (Å²) in [6, 6.07) is 0. The number of carbonyl (C=O) groups is 1. The molecule has 0 aliphatic heterocycles. The molecule has 0 aliphatic carbocycles. The summed E-state index contributed by atoms with van der Waals surface area (Å²) >= 11 is 4.93. The number of Topliss-reactive ketones (excluding diaryl/α,β-unsaturated/α-hetero) is 1. The van der Waals surface area contributed by atoms with Crippen molar-refractivity contribution in [3.8, 4) is 0 Å². The van der Waals surface area contributed by atoms with Gasteiger partial charge in [0.2, 0.25) is 0 Å². The van der Waals surface area contributed by atoms with E-state index in [2.05, 4.69) is 39.5 Å². The summed E-state index contributed by atoms with van der Waals surface area (Å²) in [5.41, 5.74) is 0. The van der Waals surface area contributed by atoms with E-state index in [4.69, 9.17) is 0 Å². The number of ketones is 1. The zero-order valence-corrected chi connectivity index (χ0v) is 11.7. The van der Waals surface area contributed by atoms with Crippen LogP contribution < -0.4 is 0 Å². The molecule has 0 unspecified atom stereocenters. The molecular weight excluding hydrogens is 371 g/mol. The quantitative estimate of drug-likeness (QED) is 0.468. The first-order chi connectivity index (χ1) is 3.15. The SMILES string of the molecule is CC(C)=O.[I][Zn][I]. The topological polar surface area (TPSA) is 17.1 Å². The Labute approximate surface area is 73.0 Å². The number of carbonyl (C=O) groups excluding carboxylic acids is 1. The van der Waals surface area contributed by atoms with Gasteiger partial charge in [-0.25, -0.2) is 0 Å². The van der Waals surface area contributed by atoms with E-state index in [0.29, 0.717) is 0 Å². The molecule has 0 saturated heterocycles. The van der Waals surface area contributed by atoms with E-state index in [9.17, 15) is 4.79 Å². The van der Waals surface area contributed by atoms with Crippen LogP contribution in [-0.4, -0.2) is 5.78 Å². The fourth-order valence-corrected chi connectivity index (χ4v) is 0. The van der Waals surface area contributed by atoms with Gasteiger partial charge in [-0.05, 0) is 13.8 Å². The zero-order valence-electron chi connectivity index (χ0n) is 4.37. The van der Waals surface area contributed by atoms with E-state index >= 15 is 0 Å². The van der Waals surface area contributed by atoms with Gasteiger partial charge in [0.1, 0.15) is 5.78 Å². The molecule has 4 heteroatoms. The Morgan fingerprint density at radius 3 is 1.43 bits per heavy atom. The Morgan fingerprint density at radius 1 is 1.43 bits per heavy atom. The molecule has 0 aliphatic rings. The van der Waals surface area contributed by atoms with Crippen molar-refractivity contribution in [1.82, 2.24) is 0 Å². The van der Waals surface area contributed by atoms with Gasteiger partial charge in [-0.3, -0.25) is 0 Å². The van der Waals surface area contributed by atoms with Crippen molar-refractivity contribution in [2.75, 3.05) is 0 Å². The maximum absolute atomic E-state index is 9.44. The molecule has 0 aromatic heterocycles. The first kappa shape index (κ1) is 11.5. The molecule has 0 atom stereocenters. The van der Waals surface area contributed by atoms with E-state index in [0.717, 1.165) is 0 Å². The average Bonchev–Trinajstić information content (AvgIpc) is 1.33. The molecule has 0 aromatic carbocycles. The molecule has 7 heavy (non-hydrogen) atoms. The summed E-state index contributed by atoms with van der Waals surface area (Å²) in [5.74, 6) is 0.167. The van der Waals surface area contributed by atoms with Crippen molar-refractivity contribution in [3.63, 3.8) is 0 Å². The van der Waals surface area contributed by atoms with E-state index in [-0.39, 0.29) is 15.9 Å². The summed E-state index contributed by atoms with van der Waals surface area (Å²) in [4.78, 5) is 9.44. The minimum atomic E-state index is 0.0650. The van der Waals surface area contributed by atoms with E-state index in [1.54, 1.807) is 0 Å². The summed E-state index contributed by atoms with van der Waals surface area (Å²) < 4.78 is 0. The van der Waals surface area contributed by atoms with Crippen LogP contribution in [0.1, 0.15) is 13.8 Å². The number of rotatable bonds is 0. The first-order valence-corrected chi connectivity index (χ1v) is 19.8. The fourth-order valence-electron chi connectivity index (χ4n) is 0. The molecule has 0 rings (SSSR count). The molecule has 0 bridgehead atoms. The zero-order chi connectivity index (χ0) is 6.28. The fraction of sp³-hybridized carbons (Fsp3) is 0.667. The first-order valence-electron chi connectivity index (χ1n) is 1.74. The molecule has 0 saturated carbocycles. The summed E-state index contributed by atoms with van der Waals surface area (Å²) in [7, 11) is 0.0650. The molecule has 0 fully saturated rings. The molecular formula is C3H6I2OZn. The van der Waals surface area contributed by atoms with Crippen molar-refractivity contribution in [1.29, 1.82) is 0 Å². The van der Waals surface area contributed by atoms with E-state index in [1.807, 2.05) is 0 Å². The minimum absolute atomic E-state index is 0.0650. The van der Waals surface area contributed by atoms with Crippen molar-refractivity contribution in [2.45, 2.75) is 13.8 Å². The third-order valence-corrected chi connectivity index (χ3v) is 0. The predicted molar refractivity (Wildman–Crippen MR) is 44.4 cm³/mol. The summed E-state index contributed by atoms with van der Waals surface area (Å²) in [6.07, 6.45) is 0. The Morgan fingerprint density at radius 2 is 1.43 bits per heavy atom. The van der Waals surface area contributed by atoms with Crippen LogP contribution in [0.3, 0.4) is 0 Å². The molecule has 0 spiro atoms. The second kappa shape index (κ2) is 10.7. The van der Waals surface area contributed by atoms with Crippen LogP contribution in [0.5, 0.6) is 0 Å². The van der Waals surface area contributed by atoms with Crippen LogP contribution in [-0.2, 0) is 14.9 Å². The van der Waals surface area contributed by atoms with Crippen LogP contribution in [0.15, 0.2) is 0 Å².